The molecule has 0 aliphatic rings. The number of phenolic OH excluding ortho intramolecular Hbond substituents is 1. The molecule has 0 bridgehead atoms. The van der Waals surface area contributed by atoms with Crippen molar-refractivity contribution in [2.24, 2.45) is 27.9 Å². The summed E-state index contributed by atoms with van der Waals surface area (Å²) in [5.41, 5.74) is 21.9. The van der Waals surface area contributed by atoms with Gasteiger partial charge in [0.2, 0.25) is 23.6 Å². The number of carboxylic acid groups (broad SMARTS) is 1. The maximum atomic E-state index is 13.2. The zero-order chi connectivity index (χ0) is 29.5. The van der Waals surface area contributed by atoms with E-state index in [0.717, 1.165) is 0 Å². The zero-order valence-corrected chi connectivity index (χ0v) is 22.1. The van der Waals surface area contributed by atoms with Gasteiger partial charge in [0.15, 0.2) is 5.96 Å². The Kier molecular flexibility index (Phi) is 14.1. The Balaban J connectivity index is 3.14. The number of hydrogen-bond donors (Lipinski definition) is 10. The smallest absolute Gasteiger partial charge is 0.326 e. The first-order valence-corrected chi connectivity index (χ1v) is 12.6. The summed E-state index contributed by atoms with van der Waals surface area (Å²) in [7, 11) is 0. The van der Waals surface area contributed by atoms with Crippen LogP contribution in [0.2, 0.25) is 0 Å². The molecule has 0 saturated heterocycles. The summed E-state index contributed by atoms with van der Waals surface area (Å²) in [6.07, 6.45) is -0.277. The van der Waals surface area contributed by atoms with E-state index in [-0.39, 0.29) is 56.1 Å². The van der Waals surface area contributed by atoms with Crippen molar-refractivity contribution < 1.29 is 34.2 Å². The maximum absolute atomic E-state index is 13.2. The van der Waals surface area contributed by atoms with E-state index >= 15 is 0 Å². The molecular weight excluding hydrogens is 532 g/mol. The fraction of sp³-hybridized carbons (Fsp3) is 0.478. The molecule has 0 aromatic heterocycles. The van der Waals surface area contributed by atoms with E-state index in [4.69, 9.17) is 22.9 Å². The number of carboxylic acids is 1. The summed E-state index contributed by atoms with van der Waals surface area (Å²) in [6.45, 7) is 0.144. The van der Waals surface area contributed by atoms with Gasteiger partial charge in [0, 0.05) is 25.1 Å². The second-order valence-corrected chi connectivity index (χ2v) is 9.00. The van der Waals surface area contributed by atoms with Crippen molar-refractivity contribution in [1.82, 2.24) is 16.0 Å². The Labute approximate surface area is 230 Å². The van der Waals surface area contributed by atoms with Crippen LogP contribution in [0, 0.1) is 0 Å². The standard InChI is InChI=1S/C23H36N8O7S/c24-14(11-39)19(34)29-15(7-8-18(25)33)20(35)31-17(10-12-3-5-13(32)6-4-12)21(36)30-16(22(37)38)2-1-9-28-23(26)27/h3-6,14-17,32,39H,1-2,7-11,24H2,(H2,25,33)(H,29,34)(H,30,36)(H,31,35)(H,37,38)(H4,26,27,28). The fourth-order valence-electron chi connectivity index (χ4n) is 3.30. The van der Waals surface area contributed by atoms with Gasteiger partial charge in [0.05, 0.1) is 6.04 Å². The first-order chi connectivity index (χ1) is 18.3. The highest BCUT2D eigenvalue weighted by atomic mass is 32.1. The van der Waals surface area contributed by atoms with Crippen LogP contribution in [0.5, 0.6) is 5.75 Å². The summed E-state index contributed by atoms with van der Waals surface area (Å²) in [5.74, 6) is -4.57. The molecule has 0 radical (unpaired) electrons. The molecule has 0 saturated carbocycles. The minimum absolute atomic E-state index is 0.00333. The summed E-state index contributed by atoms with van der Waals surface area (Å²) in [4.78, 5) is 65.4. The van der Waals surface area contributed by atoms with Crippen LogP contribution in [-0.2, 0) is 30.4 Å². The molecule has 0 heterocycles. The van der Waals surface area contributed by atoms with Gasteiger partial charge in [-0.25, -0.2) is 4.79 Å². The number of amides is 4. The number of aliphatic carboxylic acids is 1. The number of primary amides is 1. The van der Waals surface area contributed by atoms with Crippen LogP contribution in [0.25, 0.3) is 0 Å². The van der Waals surface area contributed by atoms with E-state index in [9.17, 15) is 34.2 Å². The van der Waals surface area contributed by atoms with Crippen molar-refractivity contribution in [3.05, 3.63) is 29.8 Å². The van der Waals surface area contributed by atoms with Crippen molar-refractivity contribution in [2.75, 3.05) is 12.3 Å². The van der Waals surface area contributed by atoms with E-state index in [1.165, 1.54) is 24.3 Å². The first-order valence-electron chi connectivity index (χ1n) is 12.0. The molecule has 0 spiro atoms. The average Bonchev–Trinajstić information content (AvgIpc) is 2.87. The third-order valence-corrected chi connectivity index (χ3v) is 5.81. The van der Waals surface area contributed by atoms with Crippen LogP contribution in [0.4, 0.5) is 0 Å². The number of aliphatic imine (C=N–C) groups is 1. The van der Waals surface area contributed by atoms with Crippen LogP contribution in [0.1, 0.15) is 31.2 Å². The molecular formula is C23H36N8O7S. The number of benzene rings is 1. The fourth-order valence-corrected chi connectivity index (χ4v) is 3.47. The molecule has 4 atom stereocenters. The Morgan fingerprint density at radius 3 is 1.97 bits per heavy atom. The van der Waals surface area contributed by atoms with Gasteiger partial charge in [-0.1, -0.05) is 12.1 Å². The van der Waals surface area contributed by atoms with E-state index in [1.807, 2.05) is 0 Å². The Hall–Kier alpha value is -4.05. The second-order valence-electron chi connectivity index (χ2n) is 8.64. The lowest BCUT2D eigenvalue weighted by Gasteiger charge is -2.25. The maximum Gasteiger partial charge on any atom is 0.326 e. The predicted molar refractivity (Wildman–Crippen MR) is 145 cm³/mol. The monoisotopic (exact) mass is 568 g/mol. The van der Waals surface area contributed by atoms with Crippen LogP contribution in [-0.4, -0.2) is 82.2 Å². The average molecular weight is 569 g/mol. The highest BCUT2D eigenvalue weighted by molar-refractivity contribution is 7.80. The SMILES string of the molecule is NC(=O)CCC(NC(=O)C(N)CS)C(=O)NC(Cc1ccc(O)cc1)C(=O)NC(CCCN=C(N)N)C(=O)O. The largest absolute Gasteiger partial charge is 0.508 e. The van der Waals surface area contributed by atoms with Gasteiger partial charge in [-0.3, -0.25) is 24.2 Å². The lowest BCUT2D eigenvalue weighted by atomic mass is 10.0. The molecule has 4 unspecified atom stereocenters. The molecule has 0 fully saturated rings. The van der Waals surface area contributed by atoms with Gasteiger partial charge >= 0.3 is 5.97 Å². The van der Waals surface area contributed by atoms with Crippen molar-refractivity contribution in [3.8, 4) is 5.75 Å². The number of phenols is 1. The van der Waals surface area contributed by atoms with E-state index < -0.39 is 53.8 Å². The number of hydrogen-bond acceptors (Lipinski definition) is 9. The summed E-state index contributed by atoms with van der Waals surface area (Å²) < 4.78 is 0. The van der Waals surface area contributed by atoms with Crippen LogP contribution in [0.15, 0.2) is 29.3 Å². The number of aromatic hydroxyl groups is 1. The number of thiol groups is 1. The molecule has 1 rings (SSSR count). The first kappa shape index (κ1) is 33.0. The van der Waals surface area contributed by atoms with Crippen LogP contribution in [0.3, 0.4) is 0 Å². The van der Waals surface area contributed by atoms with Crippen LogP contribution < -0.4 is 38.9 Å². The molecule has 0 aliphatic heterocycles. The number of guanidine groups is 1. The van der Waals surface area contributed by atoms with E-state index in [2.05, 4.69) is 33.6 Å². The van der Waals surface area contributed by atoms with Crippen molar-refractivity contribution in [1.29, 1.82) is 0 Å². The van der Waals surface area contributed by atoms with Gasteiger partial charge < -0.3 is 49.1 Å². The third-order valence-electron chi connectivity index (χ3n) is 5.41. The molecule has 1 aromatic carbocycles. The second kappa shape index (κ2) is 16.7. The Bertz CT molecular complexity index is 1030. The summed E-state index contributed by atoms with van der Waals surface area (Å²) in [6, 6.07) is 0.866. The van der Waals surface area contributed by atoms with Crippen molar-refractivity contribution in [2.45, 2.75) is 56.3 Å². The third kappa shape index (κ3) is 12.8. The normalized spacial score (nSPS) is 13.7. The molecule has 15 nitrogen and oxygen atoms in total. The van der Waals surface area contributed by atoms with Gasteiger partial charge in [-0.15, -0.1) is 0 Å². The highest BCUT2D eigenvalue weighted by Gasteiger charge is 2.30. The van der Waals surface area contributed by atoms with Gasteiger partial charge in [-0.2, -0.15) is 12.6 Å². The lowest BCUT2D eigenvalue weighted by molar-refractivity contribution is -0.142. The van der Waals surface area contributed by atoms with Crippen molar-refractivity contribution >= 4 is 48.2 Å². The number of rotatable bonds is 17. The van der Waals surface area contributed by atoms with E-state index in [1.54, 1.807) is 0 Å². The number of nitrogens with one attached hydrogen (secondary N) is 3. The van der Waals surface area contributed by atoms with Gasteiger partial charge in [0.1, 0.15) is 23.9 Å². The molecule has 16 heteroatoms. The zero-order valence-electron chi connectivity index (χ0n) is 21.2. The molecule has 13 N–H and O–H groups in total. The molecule has 4 amide bonds. The summed E-state index contributed by atoms with van der Waals surface area (Å²) >= 11 is 3.95. The van der Waals surface area contributed by atoms with Gasteiger partial charge in [-0.05, 0) is 37.0 Å². The number of nitrogens with two attached hydrogens (primary N) is 4. The highest BCUT2D eigenvalue weighted by Crippen LogP contribution is 2.12. The molecule has 39 heavy (non-hydrogen) atoms. The van der Waals surface area contributed by atoms with Gasteiger partial charge in [0.25, 0.3) is 0 Å². The van der Waals surface area contributed by atoms with Crippen molar-refractivity contribution in [3.63, 3.8) is 0 Å². The summed E-state index contributed by atoms with van der Waals surface area (Å²) in [5, 5.41) is 26.4. The molecule has 0 aliphatic carbocycles. The number of nitrogens with zero attached hydrogens (tertiary/aromatic N) is 1. The minimum atomic E-state index is -1.32. The predicted octanol–water partition coefficient (Wildman–Crippen LogP) is -2.95. The number of carbonyl (C=O) groups is 5. The topological polar surface area (TPSA) is 278 Å². The number of carbonyl (C=O) groups excluding carboxylic acids is 4. The Morgan fingerprint density at radius 1 is 0.872 bits per heavy atom. The quantitative estimate of drug-likeness (QED) is 0.0394. The minimum Gasteiger partial charge on any atom is -0.508 e. The molecule has 216 valence electrons. The van der Waals surface area contributed by atoms with E-state index in [0.29, 0.717) is 5.56 Å². The Morgan fingerprint density at radius 2 is 1.44 bits per heavy atom. The molecule has 1 aromatic rings. The lowest BCUT2D eigenvalue weighted by Crippen LogP contribution is -2.57. The van der Waals surface area contributed by atoms with Crippen LogP contribution >= 0.6 is 12.6 Å².